The second-order valence-corrected chi connectivity index (χ2v) is 5.60. The topological polar surface area (TPSA) is 59.8 Å². The zero-order valence-corrected chi connectivity index (χ0v) is 13.3. The van der Waals surface area contributed by atoms with Crippen LogP contribution in [0.1, 0.15) is 16.1 Å². The lowest BCUT2D eigenvalue weighted by Crippen LogP contribution is -2.23. The van der Waals surface area contributed by atoms with Gasteiger partial charge in [0.1, 0.15) is 0 Å². The maximum atomic E-state index is 11.9. The number of aromatic nitrogens is 3. The molecule has 6 heteroatoms. The molecule has 0 bridgehead atoms. The minimum Gasteiger partial charge on any atom is -0.347 e. The van der Waals surface area contributed by atoms with E-state index in [9.17, 15) is 4.79 Å². The molecule has 0 aliphatic heterocycles. The summed E-state index contributed by atoms with van der Waals surface area (Å²) in [5, 5.41) is 11.1. The monoisotopic (exact) mass is 326 g/mol. The predicted molar refractivity (Wildman–Crippen MR) is 89.1 cm³/mol. The van der Waals surface area contributed by atoms with Crippen molar-refractivity contribution in [1.82, 2.24) is 20.3 Å². The van der Waals surface area contributed by atoms with Gasteiger partial charge < -0.3 is 5.32 Å². The molecule has 0 atom stereocenters. The largest absolute Gasteiger partial charge is 0.347 e. The summed E-state index contributed by atoms with van der Waals surface area (Å²) in [5.74, 6) is -0.236. The first kappa shape index (κ1) is 15.2. The lowest BCUT2D eigenvalue weighted by Gasteiger charge is -2.06. The normalized spacial score (nSPS) is 10.5. The molecule has 0 aliphatic carbocycles. The molecule has 0 spiro atoms. The molecule has 0 saturated heterocycles. The number of nitrogens with one attached hydrogen (secondary N) is 1. The van der Waals surface area contributed by atoms with Crippen LogP contribution in [0.25, 0.3) is 11.1 Å². The number of halogens is 1. The van der Waals surface area contributed by atoms with Crippen molar-refractivity contribution in [3.63, 3.8) is 0 Å². The Hall–Kier alpha value is -2.66. The molecule has 23 heavy (non-hydrogen) atoms. The molecule has 2 aromatic carbocycles. The Labute approximate surface area is 138 Å². The smallest absolute Gasteiger partial charge is 0.273 e. The molecule has 1 amide bonds. The number of benzene rings is 2. The van der Waals surface area contributed by atoms with Gasteiger partial charge in [-0.05, 0) is 28.8 Å². The van der Waals surface area contributed by atoms with E-state index in [1.165, 1.54) is 4.68 Å². The Bertz CT molecular complexity index is 809. The van der Waals surface area contributed by atoms with Gasteiger partial charge in [-0.3, -0.25) is 9.48 Å². The van der Waals surface area contributed by atoms with Crippen LogP contribution < -0.4 is 5.32 Å². The third-order valence-corrected chi connectivity index (χ3v) is 3.67. The van der Waals surface area contributed by atoms with Crippen molar-refractivity contribution in [3.05, 3.63) is 71.0 Å². The fourth-order valence-electron chi connectivity index (χ4n) is 2.18. The summed E-state index contributed by atoms with van der Waals surface area (Å²) in [6.45, 7) is 0.441. The highest BCUT2D eigenvalue weighted by molar-refractivity contribution is 6.30. The van der Waals surface area contributed by atoms with E-state index in [2.05, 4.69) is 15.6 Å². The zero-order valence-electron chi connectivity index (χ0n) is 12.5. The van der Waals surface area contributed by atoms with Crippen LogP contribution in [0.4, 0.5) is 0 Å². The number of hydrogen-bond donors (Lipinski definition) is 1. The summed E-state index contributed by atoms with van der Waals surface area (Å²) in [4.78, 5) is 11.9. The van der Waals surface area contributed by atoms with Crippen LogP contribution >= 0.6 is 11.6 Å². The van der Waals surface area contributed by atoms with Gasteiger partial charge in [0, 0.05) is 18.6 Å². The van der Waals surface area contributed by atoms with E-state index < -0.39 is 0 Å². The highest BCUT2D eigenvalue weighted by atomic mass is 35.5. The first-order valence-corrected chi connectivity index (χ1v) is 7.49. The number of nitrogens with zero attached hydrogens (tertiary/aromatic N) is 3. The second-order valence-electron chi connectivity index (χ2n) is 5.16. The number of amides is 1. The van der Waals surface area contributed by atoms with Crippen LogP contribution in [0.3, 0.4) is 0 Å². The molecule has 3 rings (SSSR count). The van der Waals surface area contributed by atoms with E-state index in [0.717, 1.165) is 21.7 Å². The Morgan fingerprint density at radius 3 is 2.26 bits per heavy atom. The summed E-state index contributed by atoms with van der Waals surface area (Å²) in [7, 11) is 1.72. The molecule has 1 aromatic heterocycles. The van der Waals surface area contributed by atoms with Crippen molar-refractivity contribution in [2.45, 2.75) is 6.54 Å². The van der Waals surface area contributed by atoms with Crippen molar-refractivity contribution >= 4 is 17.5 Å². The summed E-state index contributed by atoms with van der Waals surface area (Å²) in [5.41, 5.74) is 3.53. The van der Waals surface area contributed by atoms with Crippen LogP contribution in [-0.2, 0) is 13.6 Å². The number of hydrogen-bond acceptors (Lipinski definition) is 3. The molecule has 3 aromatic rings. The third-order valence-electron chi connectivity index (χ3n) is 3.42. The molecular weight excluding hydrogens is 312 g/mol. The van der Waals surface area contributed by atoms with Crippen molar-refractivity contribution < 1.29 is 4.79 Å². The van der Waals surface area contributed by atoms with Crippen LogP contribution in [0.15, 0.2) is 54.7 Å². The quantitative estimate of drug-likeness (QED) is 0.801. The van der Waals surface area contributed by atoms with Gasteiger partial charge >= 0.3 is 0 Å². The maximum absolute atomic E-state index is 11.9. The summed E-state index contributed by atoms with van der Waals surface area (Å²) in [6.07, 6.45) is 1.58. The number of aryl methyl sites for hydroxylation is 1. The lowest BCUT2D eigenvalue weighted by molar-refractivity contribution is 0.0946. The van der Waals surface area contributed by atoms with Crippen LogP contribution in [-0.4, -0.2) is 20.9 Å². The minimum absolute atomic E-state index is 0.236. The third kappa shape index (κ3) is 3.76. The molecule has 0 radical (unpaired) electrons. The fraction of sp³-hybridized carbons (Fsp3) is 0.118. The van der Waals surface area contributed by atoms with Crippen LogP contribution in [0.2, 0.25) is 5.02 Å². The van der Waals surface area contributed by atoms with Crippen LogP contribution in [0.5, 0.6) is 0 Å². The van der Waals surface area contributed by atoms with E-state index in [0.29, 0.717) is 12.2 Å². The van der Waals surface area contributed by atoms with Crippen molar-refractivity contribution in [2.75, 3.05) is 0 Å². The summed E-state index contributed by atoms with van der Waals surface area (Å²) >= 11 is 5.90. The van der Waals surface area contributed by atoms with Crippen molar-refractivity contribution in [3.8, 4) is 11.1 Å². The molecule has 0 aliphatic rings. The Balaban J connectivity index is 1.63. The van der Waals surface area contributed by atoms with Gasteiger partial charge in [0.15, 0.2) is 5.69 Å². The van der Waals surface area contributed by atoms with Gasteiger partial charge in [-0.2, -0.15) is 0 Å². The van der Waals surface area contributed by atoms with Gasteiger partial charge in [-0.25, -0.2) is 0 Å². The van der Waals surface area contributed by atoms with Gasteiger partial charge in [0.2, 0.25) is 0 Å². The van der Waals surface area contributed by atoms with E-state index in [4.69, 9.17) is 11.6 Å². The van der Waals surface area contributed by atoms with Crippen molar-refractivity contribution in [1.29, 1.82) is 0 Å². The SMILES string of the molecule is Cn1cc(C(=O)NCc2ccc(-c3ccc(Cl)cc3)cc2)nn1. The fourth-order valence-corrected chi connectivity index (χ4v) is 2.31. The molecule has 5 nitrogen and oxygen atoms in total. The average Bonchev–Trinajstić information content (AvgIpc) is 3.00. The molecule has 1 heterocycles. The van der Waals surface area contributed by atoms with E-state index in [1.54, 1.807) is 13.2 Å². The van der Waals surface area contributed by atoms with Gasteiger partial charge in [-0.15, -0.1) is 5.10 Å². The van der Waals surface area contributed by atoms with Crippen molar-refractivity contribution in [2.24, 2.45) is 7.05 Å². The molecule has 0 unspecified atom stereocenters. The Morgan fingerprint density at radius 1 is 1.09 bits per heavy atom. The van der Waals surface area contributed by atoms with E-state index in [1.807, 2.05) is 48.5 Å². The average molecular weight is 327 g/mol. The van der Waals surface area contributed by atoms with Gasteiger partial charge in [-0.1, -0.05) is 53.2 Å². The number of rotatable bonds is 4. The van der Waals surface area contributed by atoms with E-state index in [-0.39, 0.29) is 5.91 Å². The van der Waals surface area contributed by atoms with Gasteiger partial charge in [0.25, 0.3) is 5.91 Å². The minimum atomic E-state index is -0.236. The first-order valence-electron chi connectivity index (χ1n) is 7.11. The summed E-state index contributed by atoms with van der Waals surface area (Å²) in [6, 6.07) is 15.7. The van der Waals surface area contributed by atoms with E-state index >= 15 is 0 Å². The van der Waals surface area contributed by atoms with Gasteiger partial charge in [0.05, 0.1) is 6.20 Å². The molecule has 0 saturated carbocycles. The highest BCUT2D eigenvalue weighted by Crippen LogP contribution is 2.21. The first-order chi connectivity index (χ1) is 11.1. The molecule has 0 fully saturated rings. The predicted octanol–water partition coefficient (Wildman–Crippen LogP) is 3.07. The second kappa shape index (κ2) is 6.62. The number of carbonyl (C=O) groups is 1. The lowest BCUT2D eigenvalue weighted by atomic mass is 10.0. The molecule has 1 N–H and O–H groups in total. The Morgan fingerprint density at radius 2 is 1.70 bits per heavy atom. The highest BCUT2D eigenvalue weighted by Gasteiger charge is 2.09. The van der Waals surface area contributed by atoms with Crippen LogP contribution in [0, 0.1) is 0 Å². The zero-order chi connectivity index (χ0) is 16.2. The molecular formula is C17H15ClN4O. The maximum Gasteiger partial charge on any atom is 0.273 e. The molecule has 116 valence electrons. The standard InChI is InChI=1S/C17H15ClN4O/c1-22-11-16(20-21-22)17(23)19-10-12-2-4-13(5-3-12)14-6-8-15(18)9-7-14/h2-9,11H,10H2,1H3,(H,19,23). The summed E-state index contributed by atoms with van der Waals surface area (Å²) < 4.78 is 1.50. The number of carbonyl (C=O) groups excluding carboxylic acids is 1. The Kier molecular flexibility index (Phi) is 4.39.